The highest BCUT2D eigenvalue weighted by atomic mass is 35.5. The van der Waals surface area contributed by atoms with Crippen molar-refractivity contribution in [1.82, 2.24) is 20.3 Å². The van der Waals surface area contributed by atoms with Crippen molar-refractivity contribution < 1.29 is 9.53 Å². The first-order valence-corrected chi connectivity index (χ1v) is 12.1. The van der Waals surface area contributed by atoms with Gasteiger partial charge in [0.15, 0.2) is 5.11 Å². The van der Waals surface area contributed by atoms with Crippen molar-refractivity contribution in [2.24, 2.45) is 0 Å². The summed E-state index contributed by atoms with van der Waals surface area (Å²) in [6.45, 7) is 4.49. The van der Waals surface area contributed by atoms with Gasteiger partial charge in [0.2, 0.25) is 0 Å². The average Bonchev–Trinajstić information content (AvgIpc) is 3.27. The zero-order chi connectivity index (χ0) is 25.2. The molecule has 2 N–H and O–H groups in total. The molecule has 0 fully saturated rings. The number of hydrogen-bond donors (Lipinski definition) is 2. The molecule has 0 aliphatic carbocycles. The van der Waals surface area contributed by atoms with Crippen LogP contribution in [-0.2, 0) is 0 Å². The number of fused-ring (bicyclic) bond motifs is 2. The SMILES string of the molecule is CCOc1ccc(-n2nc3cc(C)c(NC(=S)NC(=O)c4cccc5c(Cl)cccc45)cc3n2)cc1. The average molecular weight is 516 g/mol. The van der Waals surface area contributed by atoms with Crippen molar-refractivity contribution in [1.29, 1.82) is 0 Å². The molecule has 0 spiro atoms. The van der Waals surface area contributed by atoms with Crippen molar-refractivity contribution in [2.45, 2.75) is 13.8 Å². The van der Waals surface area contributed by atoms with Crippen LogP contribution in [0.1, 0.15) is 22.8 Å². The maximum Gasteiger partial charge on any atom is 0.258 e. The second-order valence-electron chi connectivity index (χ2n) is 8.12. The molecule has 1 heterocycles. The van der Waals surface area contributed by atoms with Crippen LogP contribution in [0.5, 0.6) is 5.75 Å². The van der Waals surface area contributed by atoms with E-state index in [1.165, 1.54) is 0 Å². The molecule has 0 atom stereocenters. The van der Waals surface area contributed by atoms with Gasteiger partial charge in [-0.2, -0.15) is 4.80 Å². The van der Waals surface area contributed by atoms with Gasteiger partial charge in [0.05, 0.1) is 12.3 Å². The maximum atomic E-state index is 13.0. The molecule has 0 saturated carbocycles. The predicted molar refractivity (Wildman–Crippen MR) is 147 cm³/mol. The lowest BCUT2D eigenvalue weighted by molar-refractivity contribution is 0.0979. The van der Waals surface area contributed by atoms with E-state index in [-0.39, 0.29) is 11.0 Å². The first-order chi connectivity index (χ1) is 17.4. The van der Waals surface area contributed by atoms with E-state index in [1.807, 2.05) is 68.4 Å². The summed E-state index contributed by atoms with van der Waals surface area (Å²) in [5.74, 6) is 0.475. The van der Waals surface area contributed by atoms with Crippen molar-refractivity contribution in [3.05, 3.63) is 88.9 Å². The van der Waals surface area contributed by atoms with Gasteiger partial charge in [-0.1, -0.05) is 35.9 Å². The van der Waals surface area contributed by atoms with Crippen LogP contribution >= 0.6 is 23.8 Å². The third-order valence-corrected chi connectivity index (χ3v) is 6.23. The smallest absolute Gasteiger partial charge is 0.258 e. The third-order valence-electron chi connectivity index (χ3n) is 5.69. The fourth-order valence-corrected chi connectivity index (χ4v) is 4.39. The summed E-state index contributed by atoms with van der Waals surface area (Å²) < 4.78 is 5.50. The fourth-order valence-electron chi connectivity index (χ4n) is 3.95. The third kappa shape index (κ3) is 4.73. The minimum Gasteiger partial charge on any atom is -0.494 e. The highest BCUT2D eigenvalue weighted by molar-refractivity contribution is 7.80. The van der Waals surface area contributed by atoms with Gasteiger partial charge >= 0.3 is 0 Å². The Balaban J connectivity index is 1.35. The van der Waals surface area contributed by atoms with Crippen LogP contribution in [-0.4, -0.2) is 32.6 Å². The quantitative estimate of drug-likeness (QED) is 0.277. The number of amides is 1. The van der Waals surface area contributed by atoms with Gasteiger partial charge in [-0.25, -0.2) is 0 Å². The number of anilines is 1. The zero-order valence-corrected chi connectivity index (χ0v) is 21.2. The minimum absolute atomic E-state index is 0.181. The highest BCUT2D eigenvalue weighted by Crippen LogP contribution is 2.26. The number of benzene rings is 4. The topological polar surface area (TPSA) is 81.1 Å². The summed E-state index contributed by atoms with van der Waals surface area (Å²) in [5.41, 5.74) is 4.39. The van der Waals surface area contributed by atoms with Crippen LogP contribution in [0.4, 0.5) is 5.69 Å². The second kappa shape index (κ2) is 9.93. The molecular weight excluding hydrogens is 494 g/mol. The van der Waals surface area contributed by atoms with E-state index < -0.39 is 0 Å². The Labute approximate surface area is 218 Å². The normalized spacial score (nSPS) is 11.0. The standard InChI is InChI=1S/C27H22ClN5O2S/c1-3-35-18-12-10-17(11-13-18)33-31-24-14-16(2)23(15-25(24)32-33)29-27(36)30-26(34)21-8-4-7-20-19(21)6-5-9-22(20)28/h4-15H,3H2,1-2H3,(H2,29,30,34,36). The van der Waals surface area contributed by atoms with Crippen molar-refractivity contribution in [3.8, 4) is 11.4 Å². The minimum atomic E-state index is -0.319. The molecule has 7 nitrogen and oxygen atoms in total. The van der Waals surface area contributed by atoms with E-state index in [0.717, 1.165) is 39.0 Å². The molecule has 0 unspecified atom stereocenters. The van der Waals surface area contributed by atoms with E-state index in [0.29, 0.717) is 22.7 Å². The van der Waals surface area contributed by atoms with Crippen molar-refractivity contribution >= 4 is 62.3 Å². The zero-order valence-electron chi connectivity index (χ0n) is 19.6. The molecule has 0 bridgehead atoms. The van der Waals surface area contributed by atoms with Crippen LogP contribution in [0, 0.1) is 6.92 Å². The van der Waals surface area contributed by atoms with Crippen molar-refractivity contribution in [3.63, 3.8) is 0 Å². The number of thiocarbonyl (C=S) groups is 1. The van der Waals surface area contributed by atoms with Gasteiger partial charge in [0.1, 0.15) is 16.8 Å². The molecule has 9 heteroatoms. The number of halogens is 1. The number of carbonyl (C=O) groups excluding carboxylic acids is 1. The first-order valence-electron chi connectivity index (χ1n) is 11.3. The summed E-state index contributed by atoms with van der Waals surface area (Å²) >= 11 is 11.7. The van der Waals surface area contributed by atoms with Gasteiger partial charge in [0, 0.05) is 21.7 Å². The second-order valence-corrected chi connectivity index (χ2v) is 8.94. The summed E-state index contributed by atoms with van der Waals surface area (Å²) in [4.78, 5) is 14.6. The number of nitrogens with zero attached hydrogens (tertiary/aromatic N) is 3. The number of hydrogen-bond acceptors (Lipinski definition) is 5. The molecule has 5 rings (SSSR count). The lowest BCUT2D eigenvalue weighted by atomic mass is 10.0. The Hall–Kier alpha value is -4.01. The fraction of sp³-hybridized carbons (Fsp3) is 0.111. The molecule has 0 aliphatic heterocycles. The van der Waals surface area contributed by atoms with Crippen LogP contribution < -0.4 is 15.4 Å². The van der Waals surface area contributed by atoms with Crippen molar-refractivity contribution in [2.75, 3.05) is 11.9 Å². The highest BCUT2D eigenvalue weighted by Gasteiger charge is 2.14. The number of carbonyl (C=O) groups is 1. The summed E-state index contributed by atoms with van der Waals surface area (Å²) in [6.07, 6.45) is 0. The monoisotopic (exact) mass is 515 g/mol. The Kier molecular flexibility index (Phi) is 6.54. The van der Waals surface area contributed by atoms with Crippen LogP contribution in [0.25, 0.3) is 27.5 Å². The molecule has 1 amide bonds. The van der Waals surface area contributed by atoms with E-state index in [2.05, 4.69) is 20.8 Å². The molecule has 4 aromatic carbocycles. The molecule has 5 aromatic rings. The van der Waals surface area contributed by atoms with Gasteiger partial charge in [-0.15, -0.1) is 10.2 Å². The number of aryl methyl sites for hydroxylation is 1. The molecule has 180 valence electrons. The first kappa shape index (κ1) is 23.7. The van der Waals surface area contributed by atoms with E-state index in [4.69, 9.17) is 28.6 Å². The number of aromatic nitrogens is 3. The summed E-state index contributed by atoms with van der Waals surface area (Å²) in [5, 5.41) is 17.4. The summed E-state index contributed by atoms with van der Waals surface area (Å²) in [6, 6.07) is 22.3. The lowest BCUT2D eigenvalue weighted by Gasteiger charge is -2.13. The van der Waals surface area contributed by atoms with E-state index in [1.54, 1.807) is 23.0 Å². The van der Waals surface area contributed by atoms with Gasteiger partial charge in [0.25, 0.3) is 5.91 Å². The Morgan fingerprint density at radius 3 is 2.44 bits per heavy atom. The van der Waals surface area contributed by atoms with Gasteiger partial charge in [-0.05, 0) is 85.5 Å². The molecule has 36 heavy (non-hydrogen) atoms. The lowest BCUT2D eigenvalue weighted by Crippen LogP contribution is -2.34. The number of rotatable bonds is 5. The molecule has 0 saturated heterocycles. The Morgan fingerprint density at radius 1 is 1.00 bits per heavy atom. The van der Waals surface area contributed by atoms with Crippen LogP contribution in [0.2, 0.25) is 5.02 Å². The molecule has 1 aromatic heterocycles. The van der Waals surface area contributed by atoms with Crippen LogP contribution in [0.15, 0.2) is 72.8 Å². The largest absolute Gasteiger partial charge is 0.494 e. The Bertz CT molecular complexity index is 1610. The van der Waals surface area contributed by atoms with E-state index >= 15 is 0 Å². The van der Waals surface area contributed by atoms with E-state index in [9.17, 15) is 4.79 Å². The molecule has 0 radical (unpaired) electrons. The Morgan fingerprint density at radius 2 is 1.69 bits per heavy atom. The predicted octanol–water partition coefficient (Wildman–Crippen LogP) is 6.06. The van der Waals surface area contributed by atoms with Gasteiger partial charge < -0.3 is 10.1 Å². The molecule has 0 aliphatic rings. The van der Waals surface area contributed by atoms with Crippen LogP contribution in [0.3, 0.4) is 0 Å². The number of ether oxygens (including phenoxy) is 1. The molecular formula is C27H22ClN5O2S. The number of nitrogens with one attached hydrogen (secondary N) is 2. The van der Waals surface area contributed by atoms with Gasteiger partial charge in [-0.3, -0.25) is 10.1 Å². The summed E-state index contributed by atoms with van der Waals surface area (Å²) in [7, 11) is 0. The maximum absolute atomic E-state index is 13.0.